The van der Waals surface area contributed by atoms with Crippen molar-refractivity contribution >= 4 is 46.6 Å². The van der Waals surface area contributed by atoms with Crippen LogP contribution in [0.4, 0.5) is 0 Å². The molecule has 3 amide bonds. The highest BCUT2D eigenvalue weighted by Crippen LogP contribution is 2.15. The number of allylic oxidation sites excluding steroid dienone is 1. The predicted molar refractivity (Wildman–Crippen MR) is 121 cm³/mol. The van der Waals surface area contributed by atoms with E-state index in [4.69, 9.17) is 16.3 Å². The van der Waals surface area contributed by atoms with Gasteiger partial charge in [0, 0.05) is 11.3 Å². The van der Waals surface area contributed by atoms with Gasteiger partial charge in [-0.05, 0) is 32.3 Å². The minimum Gasteiger partial charge on any atom is -0.456 e. The highest BCUT2D eigenvalue weighted by molar-refractivity contribution is 7.09. The molecule has 2 bridgehead atoms. The normalized spacial score (nSPS) is 22.9. The van der Waals surface area contributed by atoms with Gasteiger partial charge < -0.3 is 20.7 Å². The van der Waals surface area contributed by atoms with Gasteiger partial charge in [0.05, 0.1) is 13.0 Å². The van der Waals surface area contributed by atoms with Crippen LogP contribution in [0.2, 0.25) is 0 Å². The number of carbonyl (C=O) groups is 4. The molecule has 2 heterocycles. The molecular formula is C21H29ClN4O5S. The van der Waals surface area contributed by atoms with Crippen molar-refractivity contribution in [3.8, 4) is 0 Å². The van der Waals surface area contributed by atoms with Crippen LogP contribution in [0.25, 0.3) is 0 Å². The Morgan fingerprint density at radius 3 is 2.69 bits per heavy atom. The van der Waals surface area contributed by atoms with Gasteiger partial charge >= 0.3 is 5.97 Å². The molecule has 0 fully saturated rings. The van der Waals surface area contributed by atoms with Gasteiger partial charge in [-0.15, -0.1) is 22.9 Å². The monoisotopic (exact) mass is 484 g/mol. The van der Waals surface area contributed by atoms with E-state index in [-0.39, 0.29) is 30.5 Å². The molecule has 0 radical (unpaired) electrons. The van der Waals surface area contributed by atoms with Gasteiger partial charge in [-0.2, -0.15) is 0 Å². The van der Waals surface area contributed by atoms with Crippen LogP contribution in [0.15, 0.2) is 17.5 Å². The topological polar surface area (TPSA) is 126 Å². The van der Waals surface area contributed by atoms with Crippen molar-refractivity contribution in [1.82, 2.24) is 20.9 Å². The van der Waals surface area contributed by atoms with Crippen molar-refractivity contribution in [2.24, 2.45) is 5.92 Å². The molecule has 0 spiro atoms. The summed E-state index contributed by atoms with van der Waals surface area (Å²) in [4.78, 5) is 55.0. The number of ether oxygens (including phenoxy) is 1. The molecule has 2 unspecified atom stereocenters. The number of thiazole rings is 1. The van der Waals surface area contributed by atoms with E-state index in [0.29, 0.717) is 17.3 Å². The summed E-state index contributed by atoms with van der Waals surface area (Å²) in [5.41, 5.74) is -1.16. The van der Waals surface area contributed by atoms with Crippen LogP contribution < -0.4 is 16.0 Å². The number of halogens is 1. The Morgan fingerprint density at radius 2 is 2.03 bits per heavy atom. The predicted octanol–water partition coefficient (Wildman–Crippen LogP) is 1.91. The number of rotatable bonds is 4. The Balaban J connectivity index is 2.36. The summed E-state index contributed by atoms with van der Waals surface area (Å²) in [6.45, 7) is 6.73. The van der Waals surface area contributed by atoms with Gasteiger partial charge in [0.2, 0.25) is 11.8 Å². The average Bonchev–Trinajstić information content (AvgIpc) is 3.18. The summed E-state index contributed by atoms with van der Waals surface area (Å²) in [7, 11) is 0. The Kier molecular flexibility index (Phi) is 9.21. The summed E-state index contributed by atoms with van der Waals surface area (Å²) >= 11 is 6.92. The zero-order valence-corrected chi connectivity index (χ0v) is 20.1. The number of nitrogens with one attached hydrogen (secondary N) is 3. The Morgan fingerprint density at radius 1 is 1.31 bits per heavy atom. The molecule has 176 valence electrons. The standard InChI is InChI=1S/C21H29ClN4O5S/c1-12(2)17-19(29)31-13(7-5-6-8-22)9-15(27)23-10-16-24-14(11-32-16)18(28)26-21(3,4)20(30)25-17/h5,7,11-13,17H,6,8-10H2,1-4H3,(H,23,27)(H,25,30)(H,26,28). The number of nitrogens with zero attached hydrogens (tertiary/aromatic N) is 1. The number of carbonyl (C=O) groups excluding carboxylic acids is 4. The van der Waals surface area contributed by atoms with Crippen molar-refractivity contribution < 1.29 is 23.9 Å². The lowest BCUT2D eigenvalue weighted by Gasteiger charge is -2.29. The third-order valence-electron chi connectivity index (χ3n) is 4.70. The smallest absolute Gasteiger partial charge is 0.329 e. The molecule has 32 heavy (non-hydrogen) atoms. The number of amides is 3. The molecule has 0 aliphatic carbocycles. The molecule has 1 aromatic rings. The SMILES string of the molecule is CC(C)C1NC(=O)C(C)(C)NC(=O)c2csc(n2)CNC(=O)CC(C=CCCCl)OC1=O. The van der Waals surface area contributed by atoms with E-state index in [1.807, 2.05) is 0 Å². The zero-order valence-electron chi connectivity index (χ0n) is 18.6. The van der Waals surface area contributed by atoms with Crippen LogP contribution in [0.1, 0.15) is 56.0 Å². The highest BCUT2D eigenvalue weighted by Gasteiger charge is 2.36. The highest BCUT2D eigenvalue weighted by atomic mass is 35.5. The molecule has 2 atom stereocenters. The number of alkyl halides is 1. The zero-order chi connectivity index (χ0) is 23.9. The van der Waals surface area contributed by atoms with Crippen LogP contribution >= 0.6 is 22.9 Å². The summed E-state index contributed by atoms with van der Waals surface area (Å²) in [5, 5.41) is 10.1. The quantitative estimate of drug-likeness (QED) is 0.340. The van der Waals surface area contributed by atoms with Gasteiger partial charge in [0.1, 0.15) is 28.4 Å². The van der Waals surface area contributed by atoms with E-state index in [2.05, 4.69) is 20.9 Å². The largest absolute Gasteiger partial charge is 0.456 e. The van der Waals surface area contributed by atoms with Gasteiger partial charge in [-0.25, -0.2) is 9.78 Å². The lowest BCUT2D eigenvalue weighted by atomic mass is 9.99. The molecule has 1 aromatic heterocycles. The maximum atomic E-state index is 12.9. The maximum absolute atomic E-state index is 12.9. The molecule has 1 aliphatic rings. The van der Waals surface area contributed by atoms with E-state index in [0.717, 1.165) is 0 Å². The number of cyclic esters (lactones) is 1. The van der Waals surface area contributed by atoms with Crippen molar-refractivity contribution in [2.75, 3.05) is 5.88 Å². The molecule has 1 aliphatic heterocycles. The van der Waals surface area contributed by atoms with Gasteiger partial charge in [-0.1, -0.05) is 19.9 Å². The summed E-state index contributed by atoms with van der Waals surface area (Å²) in [5.74, 6) is -1.99. The van der Waals surface area contributed by atoms with Gasteiger partial charge in [0.15, 0.2) is 0 Å². The summed E-state index contributed by atoms with van der Waals surface area (Å²) in [6, 6.07) is -0.968. The third-order valence-corrected chi connectivity index (χ3v) is 5.77. The number of hydrogen-bond acceptors (Lipinski definition) is 7. The van der Waals surface area contributed by atoms with E-state index >= 15 is 0 Å². The van der Waals surface area contributed by atoms with Crippen molar-refractivity contribution in [3.63, 3.8) is 0 Å². The maximum Gasteiger partial charge on any atom is 0.329 e. The first-order valence-electron chi connectivity index (χ1n) is 10.3. The molecule has 0 aromatic carbocycles. The van der Waals surface area contributed by atoms with E-state index < -0.39 is 35.5 Å². The van der Waals surface area contributed by atoms with E-state index in [9.17, 15) is 19.2 Å². The summed E-state index contributed by atoms with van der Waals surface area (Å²) < 4.78 is 5.56. The van der Waals surface area contributed by atoms with Crippen molar-refractivity contribution in [3.05, 3.63) is 28.2 Å². The van der Waals surface area contributed by atoms with Crippen LogP contribution in [0.5, 0.6) is 0 Å². The number of hydrogen-bond donors (Lipinski definition) is 3. The fourth-order valence-corrected chi connectivity index (χ4v) is 3.67. The van der Waals surface area contributed by atoms with Crippen LogP contribution in [-0.4, -0.2) is 52.2 Å². The fourth-order valence-electron chi connectivity index (χ4n) is 2.83. The molecule has 0 saturated heterocycles. The molecule has 2 rings (SSSR count). The van der Waals surface area contributed by atoms with Crippen LogP contribution in [0, 0.1) is 5.92 Å². The number of fused-ring (bicyclic) bond motifs is 2. The lowest BCUT2D eigenvalue weighted by Crippen LogP contribution is -2.59. The lowest BCUT2D eigenvalue weighted by molar-refractivity contribution is -0.153. The third kappa shape index (κ3) is 7.30. The van der Waals surface area contributed by atoms with Crippen LogP contribution in [-0.2, 0) is 25.7 Å². The molecule has 3 N–H and O–H groups in total. The van der Waals surface area contributed by atoms with Gasteiger partial charge in [0.25, 0.3) is 5.91 Å². The first-order valence-corrected chi connectivity index (χ1v) is 11.7. The first kappa shape index (κ1) is 25.8. The Bertz CT molecular complexity index is 883. The van der Waals surface area contributed by atoms with E-state index in [1.54, 1.807) is 31.4 Å². The van der Waals surface area contributed by atoms with E-state index in [1.165, 1.54) is 25.2 Å². The average molecular weight is 485 g/mol. The second-order valence-corrected chi connectivity index (χ2v) is 9.58. The second-order valence-electron chi connectivity index (χ2n) is 8.26. The Hall–Kier alpha value is -2.46. The van der Waals surface area contributed by atoms with Crippen molar-refractivity contribution in [2.45, 2.75) is 64.8 Å². The van der Waals surface area contributed by atoms with Crippen molar-refractivity contribution in [1.29, 1.82) is 0 Å². The number of esters is 1. The second kappa shape index (κ2) is 11.4. The molecule has 0 saturated carbocycles. The molecule has 11 heteroatoms. The molecule has 9 nitrogen and oxygen atoms in total. The van der Waals surface area contributed by atoms with Crippen LogP contribution in [0.3, 0.4) is 0 Å². The Labute approximate surface area is 196 Å². The fraction of sp³-hybridized carbons (Fsp3) is 0.571. The minimum absolute atomic E-state index is 0.104. The first-order chi connectivity index (χ1) is 15.0. The number of aromatic nitrogens is 1. The van der Waals surface area contributed by atoms with Gasteiger partial charge in [-0.3, -0.25) is 14.4 Å². The molecular weight excluding hydrogens is 456 g/mol. The minimum atomic E-state index is -1.31. The summed E-state index contributed by atoms with van der Waals surface area (Å²) in [6.07, 6.45) is 2.99.